The summed E-state index contributed by atoms with van der Waals surface area (Å²) in [7, 11) is 0. The molecule has 0 aromatic heterocycles. The molecule has 0 saturated carbocycles. The first-order valence-corrected chi connectivity index (χ1v) is 4.88. The maximum atomic E-state index is 13.4. The molecule has 6 heteroatoms. The predicted molar refractivity (Wildman–Crippen MR) is 60.6 cm³/mol. The van der Waals surface area contributed by atoms with Gasteiger partial charge in [-0.3, -0.25) is 0 Å². The monoisotopic (exact) mass is 271 g/mol. The normalized spacial score (nSPS) is 13.1. The summed E-state index contributed by atoms with van der Waals surface area (Å²) in [4.78, 5) is 0. The van der Waals surface area contributed by atoms with E-state index in [2.05, 4.69) is 0 Å². The molecule has 0 bridgehead atoms. The largest absolute Gasteiger partial charge is 0.389 e. The van der Waals surface area contributed by atoms with Crippen molar-refractivity contribution in [2.45, 2.75) is 32.0 Å². The predicted octanol–water partition coefficient (Wildman–Crippen LogP) is 3.90. The van der Waals surface area contributed by atoms with E-state index < -0.39 is 24.5 Å². The summed E-state index contributed by atoms with van der Waals surface area (Å²) in [5.41, 5.74) is 6.36. The SMILES string of the molecule is Cc1ccc([C@@H](N)CCC(F)(F)F)c(F)c1.Cl. The van der Waals surface area contributed by atoms with Gasteiger partial charge in [-0.05, 0) is 25.0 Å². The van der Waals surface area contributed by atoms with Crippen LogP contribution in [0, 0.1) is 12.7 Å². The molecule has 0 unspecified atom stereocenters. The van der Waals surface area contributed by atoms with Gasteiger partial charge in [0, 0.05) is 18.0 Å². The van der Waals surface area contributed by atoms with E-state index in [1.807, 2.05) is 0 Å². The third-order valence-electron chi connectivity index (χ3n) is 2.29. The zero-order chi connectivity index (χ0) is 12.3. The Bertz CT molecular complexity index is 365. The van der Waals surface area contributed by atoms with Crippen molar-refractivity contribution in [3.63, 3.8) is 0 Å². The van der Waals surface area contributed by atoms with Crippen LogP contribution in [0.4, 0.5) is 17.6 Å². The summed E-state index contributed by atoms with van der Waals surface area (Å²) in [5, 5.41) is 0. The van der Waals surface area contributed by atoms with Crippen molar-refractivity contribution < 1.29 is 17.6 Å². The van der Waals surface area contributed by atoms with E-state index in [0.717, 1.165) is 0 Å². The highest BCUT2D eigenvalue weighted by Crippen LogP contribution is 2.27. The van der Waals surface area contributed by atoms with Crippen LogP contribution in [0.25, 0.3) is 0 Å². The van der Waals surface area contributed by atoms with Crippen LogP contribution < -0.4 is 5.73 Å². The van der Waals surface area contributed by atoms with Gasteiger partial charge in [0.05, 0.1) is 0 Å². The highest BCUT2D eigenvalue weighted by atomic mass is 35.5. The minimum atomic E-state index is -4.25. The van der Waals surface area contributed by atoms with Gasteiger partial charge in [0.2, 0.25) is 0 Å². The van der Waals surface area contributed by atoms with Gasteiger partial charge >= 0.3 is 6.18 Å². The number of benzene rings is 1. The van der Waals surface area contributed by atoms with E-state index >= 15 is 0 Å². The first-order valence-electron chi connectivity index (χ1n) is 4.88. The Morgan fingerprint density at radius 2 is 1.88 bits per heavy atom. The molecule has 0 spiro atoms. The minimum Gasteiger partial charge on any atom is -0.324 e. The number of hydrogen-bond acceptors (Lipinski definition) is 1. The lowest BCUT2D eigenvalue weighted by Crippen LogP contribution is -2.16. The van der Waals surface area contributed by atoms with Crippen molar-refractivity contribution in [1.29, 1.82) is 0 Å². The molecule has 0 radical (unpaired) electrons. The highest BCUT2D eigenvalue weighted by Gasteiger charge is 2.28. The summed E-state index contributed by atoms with van der Waals surface area (Å²) in [5.74, 6) is -0.547. The molecule has 0 aliphatic heterocycles. The number of rotatable bonds is 3. The Morgan fingerprint density at radius 1 is 1.29 bits per heavy atom. The molecule has 0 amide bonds. The lowest BCUT2D eigenvalue weighted by atomic mass is 10.0. The van der Waals surface area contributed by atoms with Gasteiger partial charge in [0.15, 0.2) is 0 Å². The molecular formula is C11H14ClF4N. The molecular weight excluding hydrogens is 258 g/mol. The summed E-state index contributed by atoms with van der Waals surface area (Å²) in [6, 6.07) is 3.42. The molecule has 0 heterocycles. The van der Waals surface area contributed by atoms with Crippen molar-refractivity contribution in [1.82, 2.24) is 0 Å². The van der Waals surface area contributed by atoms with E-state index in [1.165, 1.54) is 12.1 Å². The van der Waals surface area contributed by atoms with E-state index in [0.29, 0.717) is 5.56 Å². The molecule has 1 atom stereocenters. The Labute approximate surface area is 103 Å². The summed E-state index contributed by atoms with van der Waals surface area (Å²) in [6.45, 7) is 1.70. The topological polar surface area (TPSA) is 26.0 Å². The van der Waals surface area contributed by atoms with Gasteiger partial charge in [-0.1, -0.05) is 12.1 Å². The fourth-order valence-electron chi connectivity index (χ4n) is 1.41. The second-order valence-electron chi connectivity index (χ2n) is 3.79. The van der Waals surface area contributed by atoms with Crippen molar-refractivity contribution in [2.24, 2.45) is 5.73 Å². The molecule has 0 aliphatic rings. The van der Waals surface area contributed by atoms with Gasteiger partial charge in [0.25, 0.3) is 0 Å². The maximum Gasteiger partial charge on any atom is 0.389 e. The number of halogens is 5. The third kappa shape index (κ3) is 5.37. The van der Waals surface area contributed by atoms with E-state index in [1.54, 1.807) is 13.0 Å². The summed E-state index contributed by atoms with van der Waals surface area (Å²) in [6.07, 6.45) is -5.55. The molecule has 0 fully saturated rings. The summed E-state index contributed by atoms with van der Waals surface area (Å²) >= 11 is 0. The smallest absolute Gasteiger partial charge is 0.324 e. The molecule has 1 nitrogen and oxygen atoms in total. The van der Waals surface area contributed by atoms with Crippen molar-refractivity contribution in [3.05, 3.63) is 35.1 Å². The number of aryl methyl sites for hydroxylation is 1. The van der Waals surface area contributed by atoms with Crippen LogP contribution in [-0.4, -0.2) is 6.18 Å². The van der Waals surface area contributed by atoms with Gasteiger partial charge in [-0.2, -0.15) is 13.2 Å². The van der Waals surface area contributed by atoms with Gasteiger partial charge < -0.3 is 5.73 Å². The van der Waals surface area contributed by atoms with Gasteiger partial charge in [0.1, 0.15) is 5.82 Å². The molecule has 1 aromatic carbocycles. The van der Waals surface area contributed by atoms with E-state index in [-0.39, 0.29) is 24.4 Å². The van der Waals surface area contributed by atoms with Crippen molar-refractivity contribution in [2.75, 3.05) is 0 Å². The number of alkyl halides is 3. The Morgan fingerprint density at radius 3 is 2.35 bits per heavy atom. The number of hydrogen-bond donors (Lipinski definition) is 1. The highest BCUT2D eigenvalue weighted by molar-refractivity contribution is 5.85. The molecule has 2 N–H and O–H groups in total. The van der Waals surface area contributed by atoms with Crippen LogP contribution in [0.2, 0.25) is 0 Å². The zero-order valence-electron chi connectivity index (χ0n) is 9.22. The minimum absolute atomic E-state index is 0. The van der Waals surface area contributed by atoms with Crippen LogP contribution in [0.1, 0.15) is 30.0 Å². The molecule has 1 rings (SSSR count). The molecule has 0 aliphatic carbocycles. The Hall–Kier alpha value is -0.810. The maximum absolute atomic E-state index is 13.4. The van der Waals surface area contributed by atoms with Crippen LogP contribution in [0.3, 0.4) is 0 Å². The summed E-state index contributed by atoms with van der Waals surface area (Å²) < 4.78 is 49.2. The molecule has 1 aromatic rings. The molecule has 98 valence electrons. The first-order chi connectivity index (χ1) is 7.29. The van der Waals surface area contributed by atoms with Crippen molar-refractivity contribution >= 4 is 12.4 Å². The fourth-order valence-corrected chi connectivity index (χ4v) is 1.41. The fraction of sp³-hybridized carbons (Fsp3) is 0.455. The first kappa shape index (κ1) is 16.2. The van der Waals surface area contributed by atoms with Crippen LogP contribution in [0.15, 0.2) is 18.2 Å². The average Bonchev–Trinajstić information content (AvgIpc) is 2.13. The lowest BCUT2D eigenvalue weighted by molar-refractivity contribution is -0.136. The van der Waals surface area contributed by atoms with Gasteiger partial charge in [-0.15, -0.1) is 12.4 Å². The second kappa shape index (κ2) is 6.21. The third-order valence-corrected chi connectivity index (χ3v) is 2.29. The van der Waals surface area contributed by atoms with E-state index in [9.17, 15) is 17.6 Å². The zero-order valence-corrected chi connectivity index (χ0v) is 10.0. The van der Waals surface area contributed by atoms with Crippen LogP contribution in [0.5, 0.6) is 0 Å². The number of nitrogens with two attached hydrogens (primary N) is 1. The lowest BCUT2D eigenvalue weighted by Gasteiger charge is -2.14. The second-order valence-corrected chi connectivity index (χ2v) is 3.79. The van der Waals surface area contributed by atoms with Crippen LogP contribution >= 0.6 is 12.4 Å². The Kier molecular flexibility index (Phi) is 5.92. The Balaban J connectivity index is 0.00000256. The van der Waals surface area contributed by atoms with E-state index in [4.69, 9.17) is 5.73 Å². The van der Waals surface area contributed by atoms with Crippen molar-refractivity contribution in [3.8, 4) is 0 Å². The average molecular weight is 272 g/mol. The molecule has 17 heavy (non-hydrogen) atoms. The quantitative estimate of drug-likeness (QED) is 0.829. The van der Waals surface area contributed by atoms with Gasteiger partial charge in [-0.25, -0.2) is 4.39 Å². The standard InChI is InChI=1S/C11H13F4N.ClH/c1-7-2-3-8(9(12)6-7)10(16)4-5-11(13,14)15;/h2-3,6,10H,4-5,16H2,1H3;1H/t10-;/m0./s1. The molecule has 0 saturated heterocycles. The van der Waals surface area contributed by atoms with Crippen LogP contribution in [-0.2, 0) is 0 Å².